The number of aryl methyl sites for hydroxylation is 1. The fourth-order valence-corrected chi connectivity index (χ4v) is 2.56. The first kappa shape index (κ1) is 18.9. The number of nitrogens with one attached hydrogen (secondary N) is 1. The van der Waals surface area contributed by atoms with Gasteiger partial charge in [-0.05, 0) is 26.3 Å². The molecule has 1 aromatic carbocycles. The standard InChI is InChI=1S/C19H19F3N4O/c1-4-12(3)23-18(27)15-10-17-24-14(13-7-5-11(2)6-8-13)9-16(19(20,21)22)26(17)25-15/h5-10,12H,4H2,1-3H3,(H,23,27)/t12-/m0/s1. The van der Waals surface area contributed by atoms with Gasteiger partial charge in [0.05, 0.1) is 5.69 Å². The summed E-state index contributed by atoms with van der Waals surface area (Å²) in [4.78, 5) is 16.5. The van der Waals surface area contributed by atoms with E-state index in [9.17, 15) is 18.0 Å². The maximum absolute atomic E-state index is 13.6. The molecule has 0 unspecified atom stereocenters. The molecule has 5 nitrogen and oxygen atoms in total. The summed E-state index contributed by atoms with van der Waals surface area (Å²) < 4.78 is 41.4. The van der Waals surface area contributed by atoms with Crippen molar-refractivity contribution in [3.63, 3.8) is 0 Å². The summed E-state index contributed by atoms with van der Waals surface area (Å²) in [6, 6.07) is 9.13. The monoisotopic (exact) mass is 376 g/mol. The number of benzene rings is 1. The molecule has 2 heterocycles. The van der Waals surface area contributed by atoms with Crippen LogP contribution in [0.1, 0.15) is 42.0 Å². The number of amides is 1. The van der Waals surface area contributed by atoms with Gasteiger partial charge in [-0.25, -0.2) is 9.50 Å². The van der Waals surface area contributed by atoms with Gasteiger partial charge in [-0.15, -0.1) is 0 Å². The molecule has 0 aliphatic rings. The van der Waals surface area contributed by atoms with Crippen LogP contribution in [-0.4, -0.2) is 26.5 Å². The smallest absolute Gasteiger partial charge is 0.348 e. The molecule has 0 aliphatic heterocycles. The Morgan fingerprint density at radius 2 is 1.89 bits per heavy atom. The molecule has 0 spiro atoms. The number of carbonyl (C=O) groups is 1. The van der Waals surface area contributed by atoms with E-state index in [-0.39, 0.29) is 23.1 Å². The molecule has 0 aliphatic carbocycles. The van der Waals surface area contributed by atoms with Gasteiger partial charge in [-0.1, -0.05) is 36.8 Å². The van der Waals surface area contributed by atoms with E-state index in [2.05, 4.69) is 15.4 Å². The largest absolute Gasteiger partial charge is 0.433 e. The first-order valence-corrected chi connectivity index (χ1v) is 8.55. The van der Waals surface area contributed by atoms with Crippen LogP contribution >= 0.6 is 0 Å². The third-order valence-corrected chi connectivity index (χ3v) is 4.29. The fourth-order valence-electron chi connectivity index (χ4n) is 2.56. The average Bonchev–Trinajstić information content (AvgIpc) is 3.04. The Balaban J connectivity index is 2.13. The second-order valence-corrected chi connectivity index (χ2v) is 6.47. The molecule has 1 amide bonds. The van der Waals surface area contributed by atoms with Gasteiger partial charge in [0.25, 0.3) is 5.91 Å². The highest BCUT2D eigenvalue weighted by Crippen LogP contribution is 2.32. The highest BCUT2D eigenvalue weighted by atomic mass is 19.4. The molecule has 2 aromatic heterocycles. The maximum atomic E-state index is 13.6. The molecular weight excluding hydrogens is 357 g/mol. The summed E-state index contributed by atoms with van der Waals surface area (Å²) in [5.74, 6) is -0.528. The van der Waals surface area contributed by atoms with E-state index in [1.807, 2.05) is 20.8 Å². The van der Waals surface area contributed by atoms with Gasteiger partial charge in [0.2, 0.25) is 0 Å². The fraction of sp³-hybridized carbons (Fsp3) is 0.316. The molecule has 0 saturated heterocycles. The van der Waals surface area contributed by atoms with Crippen molar-refractivity contribution in [1.82, 2.24) is 19.9 Å². The van der Waals surface area contributed by atoms with Crippen molar-refractivity contribution in [2.75, 3.05) is 0 Å². The SMILES string of the molecule is CC[C@H](C)NC(=O)c1cc2nc(-c3ccc(C)cc3)cc(C(F)(F)F)n2n1. The second-order valence-electron chi connectivity index (χ2n) is 6.47. The lowest BCUT2D eigenvalue weighted by Gasteiger charge is -2.11. The molecule has 3 rings (SSSR count). The zero-order chi connectivity index (χ0) is 19.8. The molecule has 0 fully saturated rings. The van der Waals surface area contributed by atoms with Crippen molar-refractivity contribution in [2.45, 2.75) is 39.4 Å². The Hall–Kier alpha value is -2.90. The lowest BCUT2D eigenvalue weighted by Crippen LogP contribution is -2.32. The minimum atomic E-state index is -4.64. The first-order valence-electron chi connectivity index (χ1n) is 8.55. The van der Waals surface area contributed by atoms with Crippen LogP contribution < -0.4 is 5.32 Å². The summed E-state index contributed by atoms with van der Waals surface area (Å²) >= 11 is 0. The van der Waals surface area contributed by atoms with Crippen LogP contribution in [0.25, 0.3) is 16.9 Å². The molecule has 142 valence electrons. The van der Waals surface area contributed by atoms with Gasteiger partial charge < -0.3 is 5.32 Å². The lowest BCUT2D eigenvalue weighted by molar-refractivity contribution is -0.142. The van der Waals surface area contributed by atoms with Crippen LogP contribution in [0.5, 0.6) is 0 Å². The number of hydrogen-bond donors (Lipinski definition) is 1. The summed E-state index contributed by atoms with van der Waals surface area (Å²) in [5, 5.41) is 6.53. The summed E-state index contributed by atoms with van der Waals surface area (Å²) in [7, 11) is 0. The highest BCUT2D eigenvalue weighted by molar-refractivity contribution is 5.93. The predicted molar refractivity (Wildman–Crippen MR) is 95.4 cm³/mol. The van der Waals surface area contributed by atoms with Crippen LogP contribution in [0.15, 0.2) is 36.4 Å². The Bertz CT molecular complexity index is 977. The number of carbonyl (C=O) groups excluding carboxylic acids is 1. The zero-order valence-electron chi connectivity index (χ0n) is 15.1. The van der Waals surface area contributed by atoms with E-state index in [1.54, 1.807) is 24.3 Å². The Kier molecular flexibility index (Phi) is 4.91. The number of fused-ring (bicyclic) bond motifs is 1. The number of nitrogens with zero attached hydrogens (tertiary/aromatic N) is 3. The van der Waals surface area contributed by atoms with Gasteiger partial charge in [0.1, 0.15) is 0 Å². The van der Waals surface area contributed by atoms with E-state index in [4.69, 9.17) is 0 Å². The van der Waals surface area contributed by atoms with Crippen LogP contribution in [-0.2, 0) is 6.18 Å². The lowest BCUT2D eigenvalue weighted by atomic mass is 10.1. The Morgan fingerprint density at radius 1 is 1.22 bits per heavy atom. The first-order chi connectivity index (χ1) is 12.7. The summed E-state index contributed by atoms with van der Waals surface area (Å²) in [6.45, 7) is 5.59. The number of hydrogen-bond acceptors (Lipinski definition) is 3. The van der Waals surface area contributed by atoms with E-state index in [0.29, 0.717) is 16.5 Å². The van der Waals surface area contributed by atoms with E-state index in [0.717, 1.165) is 11.6 Å². The molecule has 8 heteroatoms. The van der Waals surface area contributed by atoms with Gasteiger partial charge in [-0.3, -0.25) is 4.79 Å². The van der Waals surface area contributed by atoms with Crippen molar-refractivity contribution in [3.8, 4) is 11.3 Å². The molecule has 3 aromatic rings. The van der Waals surface area contributed by atoms with Crippen molar-refractivity contribution in [1.29, 1.82) is 0 Å². The Morgan fingerprint density at radius 3 is 2.48 bits per heavy atom. The molecule has 1 N–H and O–H groups in total. The minimum absolute atomic E-state index is 0.0327. The number of rotatable bonds is 4. The molecule has 0 bridgehead atoms. The van der Waals surface area contributed by atoms with E-state index in [1.165, 1.54) is 6.07 Å². The summed E-state index contributed by atoms with van der Waals surface area (Å²) in [5.41, 5.74) is 0.600. The van der Waals surface area contributed by atoms with Crippen LogP contribution in [0.2, 0.25) is 0 Å². The van der Waals surface area contributed by atoms with Crippen LogP contribution in [0.3, 0.4) is 0 Å². The predicted octanol–water partition coefficient (Wildman–Crippen LogP) is 4.25. The highest BCUT2D eigenvalue weighted by Gasteiger charge is 2.35. The maximum Gasteiger partial charge on any atom is 0.433 e. The van der Waals surface area contributed by atoms with Gasteiger partial charge in [0.15, 0.2) is 17.0 Å². The number of halogens is 3. The van der Waals surface area contributed by atoms with Gasteiger partial charge >= 0.3 is 6.18 Å². The van der Waals surface area contributed by atoms with Gasteiger partial charge in [0, 0.05) is 17.7 Å². The van der Waals surface area contributed by atoms with Gasteiger partial charge in [-0.2, -0.15) is 18.3 Å². The molecule has 0 radical (unpaired) electrons. The molecule has 1 atom stereocenters. The third kappa shape index (κ3) is 3.94. The molecule has 27 heavy (non-hydrogen) atoms. The van der Waals surface area contributed by atoms with E-state index < -0.39 is 17.8 Å². The quantitative estimate of drug-likeness (QED) is 0.740. The van der Waals surface area contributed by atoms with Crippen molar-refractivity contribution >= 4 is 11.6 Å². The number of alkyl halides is 3. The third-order valence-electron chi connectivity index (χ3n) is 4.29. The average molecular weight is 376 g/mol. The van der Waals surface area contributed by atoms with Crippen LogP contribution in [0, 0.1) is 6.92 Å². The number of aromatic nitrogens is 3. The zero-order valence-corrected chi connectivity index (χ0v) is 15.1. The normalized spacial score (nSPS) is 13.0. The van der Waals surface area contributed by atoms with E-state index >= 15 is 0 Å². The van der Waals surface area contributed by atoms with Crippen LogP contribution in [0.4, 0.5) is 13.2 Å². The minimum Gasteiger partial charge on any atom is -0.348 e. The second kappa shape index (κ2) is 7.02. The topological polar surface area (TPSA) is 59.3 Å². The van der Waals surface area contributed by atoms with Crippen molar-refractivity contribution < 1.29 is 18.0 Å². The molecular formula is C19H19F3N4O. The van der Waals surface area contributed by atoms with Crippen molar-refractivity contribution in [3.05, 3.63) is 53.3 Å². The Labute approximate surface area is 154 Å². The summed E-state index contributed by atoms with van der Waals surface area (Å²) in [6.07, 6.45) is -3.94. The van der Waals surface area contributed by atoms with Crippen molar-refractivity contribution in [2.24, 2.45) is 0 Å². The molecule has 0 saturated carbocycles.